The molecule has 3 rings (SSSR count). The van der Waals surface area contributed by atoms with Crippen LogP contribution in [0.15, 0.2) is 48.7 Å². The lowest BCUT2D eigenvalue weighted by Gasteiger charge is -2.08. The summed E-state index contributed by atoms with van der Waals surface area (Å²) in [7, 11) is 1.66. The summed E-state index contributed by atoms with van der Waals surface area (Å²) in [6.07, 6.45) is 2.85. The van der Waals surface area contributed by atoms with Gasteiger partial charge in [-0.3, -0.25) is 0 Å². The third-order valence-electron chi connectivity index (χ3n) is 4.11. The summed E-state index contributed by atoms with van der Waals surface area (Å²) in [5, 5.41) is 4.52. The normalized spacial score (nSPS) is 11.1. The second-order valence-corrected chi connectivity index (χ2v) is 5.92. The summed E-state index contributed by atoms with van der Waals surface area (Å²) < 4.78 is 23.7. The van der Waals surface area contributed by atoms with Gasteiger partial charge in [-0.15, -0.1) is 0 Å². The molecule has 25 heavy (non-hydrogen) atoms. The lowest BCUT2D eigenvalue weighted by molar-refractivity contribution is 0.146. The van der Waals surface area contributed by atoms with E-state index in [4.69, 9.17) is 9.47 Å². The molecule has 132 valence electrons. The van der Waals surface area contributed by atoms with Crippen molar-refractivity contribution in [3.63, 3.8) is 0 Å². The summed E-state index contributed by atoms with van der Waals surface area (Å²) in [5.41, 5.74) is 3.25. The summed E-state index contributed by atoms with van der Waals surface area (Å²) >= 11 is 0. The van der Waals surface area contributed by atoms with E-state index in [0.717, 1.165) is 36.2 Å². The van der Waals surface area contributed by atoms with Crippen LogP contribution in [0.3, 0.4) is 0 Å². The van der Waals surface area contributed by atoms with E-state index in [-0.39, 0.29) is 5.82 Å². The first-order chi connectivity index (χ1) is 12.3. The number of ether oxygens (including phenoxy) is 2. The van der Waals surface area contributed by atoms with E-state index in [1.807, 2.05) is 24.4 Å². The average molecular weight is 342 g/mol. The lowest BCUT2D eigenvalue weighted by Crippen LogP contribution is -2.16. The molecule has 1 aromatic heterocycles. The van der Waals surface area contributed by atoms with Gasteiger partial charge in [0.15, 0.2) is 0 Å². The van der Waals surface area contributed by atoms with Crippen LogP contribution < -0.4 is 10.1 Å². The molecule has 5 heteroatoms. The van der Waals surface area contributed by atoms with Crippen molar-refractivity contribution in [3.8, 4) is 5.75 Å². The van der Waals surface area contributed by atoms with Crippen molar-refractivity contribution >= 4 is 10.9 Å². The van der Waals surface area contributed by atoms with Crippen LogP contribution in [0.2, 0.25) is 0 Å². The molecule has 0 fully saturated rings. The molecule has 0 bridgehead atoms. The molecule has 2 N–H and O–H groups in total. The monoisotopic (exact) mass is 342 g/mol. The van der Waals surface area contributed by atoms with Gasteiger partial charge in [0.25, 0.3) is 0 Å². The number of H-pyrrole nitrogens is 1. The van der Waals surface area contributed by atoms with E-state index < -0.39 is 0 Å². The number of hydrogen-bond donors (Lipinski definition) is 2. The van der Waals surface area contributed by atoms with Crippen molar-refractivity contribution in [1.82, 2.24) is 10.3 Å². The Hall–Kier alpha value is -2.37. The van der Waals surface area contributed by atoms with Crippen molar-refractivity contribution in [1.29, 1.82) is 0 Å². The summed E-state index contributed by atoms with van der Waals surface area (Å²) in [5.74, 6) is 0.639. The zero-order valence-corrected chi connectivity index (χ0v) is 14.3. The predicted molar refractivity (Wildman–Crippen MR) is 97.5 cm³/mol. The van der Waals surface area contributed by atoms with Gasteiger partial charge in [0.1, 0.15) is 18.2 Å². The fraction of sp³-hybridized carbons (Fsp3) is 0.300. The number of fused-ring (bicyclic) bond motifs is 1. The number of aromatic nitrogens is 1. The number of rotatable bonds is 9. The van der Waals surface area contributed by atoms with Gasteiger partial charge < -0.3 is 19.8 Å². The molecule has 0 atom stereocenters. The van der Waals surface area contributed by atoms with E-state index in [0.29, 0.717) is 13.2 Å². The van der Waals surface area contributed by atoms with Gasteiger partial charge in [0, 0.05) is 30.8 Å². The maximum atomic E-state index is 13.2. The highest BCUT2D eigenvalue weighted by Crippen LogP contribution is 2.19. The zero-order valence-electron chi connectivity index (χ0n) is 14.3. The first-order valence-corrected chi connectivity index (χ1v) is 8.43. The Bertz CT molecular complexity index is 799. The molecule has 0 aliphatic carbocycles. The number of halogens is 1. The molecule has 0 aliphatic heterocycles. The Morgan fingerprint density at radius 2 is 1.92 bits per heavy atom. The quantitative estimate of drug-likeness (QED) is 0.583. The summed E-state index contributed by atoms with van der Waals surface area (Å²) in [4.78, 5) is 3.12. The minimum absolute atomic E-state index is 0.214. The van der Waals surface area contributed by atoms with Crippen LogP contribution in [0.1, 0.15) is 11.1 Å². The fourth-order valence-corrected chi connectivity index (χ4v) is 2.77. The minimum atomic E-state index is -0.214. The number of nitrogens with one attached hydrogen (secondary N) is 2. The SMILES string of the molecule is COCCOc1ccc(CNCCc2c[nH]c3cc(F)ccc23)cc1. The Balaban J connectivity index is 1.44. The van der Waals surface area contributed by atoms with E-state index >= 15 is 0 Å². The van der Waals surface area contributed by atoms with Crippen LogP contribution in [0.5, 0.6) is 5.75 Å². The van der Waals surface area contributed by atoms with Crippen LogP contribution in [-0.4, -0.2) is 31.9 Å². The van der Waals surface area contributed by atoms with Crippen LogP contribution in [0.4, 0.5) is 4.39 Å². The molecule has 0 saturated carbocycles. The summed E-state index contributed by atoms with van der Waals surface area (Å²) in [6, 6.07) is 12.9. The van der Waals surface area contributed by atoms with Crippen molar-refractivity contribution in [2.45, 2.75) is 13.0 Å². The highest BCUT2D eigenvalue weighted by Gasteiger charge is 2.04. The molecule has 0 amide bonds. The van der Waals surface area contributed by atoms with Crippen molar-refractivity contribution in [3.05, 3.63) is 65.6 Å². The van der Waals surface area contributed by atoms with Gasteiger partial charge in [-0.1, -0.05) is 12.1 Å². The van der Waals surface area contributed by atoms with Crippen molar-refractivity contribution in [2.75, 3.05) is 26.9 Å². The Morgan fingerprint density at radius 3 is 2.72 bits per heavy atom. The molecule has 0 unspecified atom stereocenters. The van der Waals surface area contributed by atoms with E-state index in [1.165, 1.54) is 23.3 Å². The Morgan fingerprint density at radius 1 is 1.08 bits per heavy atom. The maximum absolute atomic E-state index is 13.2. The number of hydrogen-bond acceptors (Lipinski definition) is 3. The number of benzene rings is 2. The topological polar surface area (TPSA) is 46.3 Å². The van der Waals surface area contributed by atoms with Crippen LogP contribution in [-0.2, 0) is 17.7 Å². The van der Waals surface area contributed by atoms with E-state index in [9.17, 15) is 4.39 Å². The number of aromatic amines is 1. The van der Waals surface area contributed by atoms with Gasteiger partial charge in [0.05, 0.1) is 6.61 Å². The van der Waals surface area contributed by atoms with Gasteiger partial charge in [-0.2, -0.15) is 0 Å². The first-order valence-electron chi connectivity index (χ1n) is 8.43. The van der Waals surface area contributed by atoms with Gasteiger partial charge in [-0.25, -0.2) is 4.39 Å². The number of methoxy groups -OCH3 is 1. The molecule has 0 saturated heterocycles. The molecule has 2 aromatic carbocycles. The largest absolute Gasteiger partial charge is 0.491 e. The smallest absolute Gasteiger partial charge is 0.125 e. The second kappa shape index (κ2) is 8.65. The molecule has 3 aromatic rings. The molecule has 0 spiro atoms. The minimum Gasteiger partial charge on any atom is -0.491 e. The van der Waals surface area contributed by atoms with Crippen LogP contribution in [0.25, 0.3) is 10.9 Å². The molecule has 0 radical (unpaired) electrons. The van der Waals surface area contributed by atoms with Crippen molar-refractivity contribution in [2.24, 2.45) is 0 Å². The molecule has 0 aliphatic rings. The van der Waals surface area contributed by atoms with Gasteiger partial charge >= 0.3 is 0 Å². The van der Waals surface area contributed by atoms with Crippen LogP contribution >= 0.6 is 0 Å². The standard InChI is InChI=1S/C20H23FN2O2/c1-24-10-11-25-18-5-2-15(3-6-18)13-22-9-8-16-14-23-20-12-17(21)4-7-19(16)20/h2-7,12,14,22-23H,8-11,13H2,1H3. The van der Waals surface area contributed by atoms with Gasteiger partial charge in [0.2, 0.25) is 0 Å². The average Bonchev–Trinajstić information content (AvgIpc) is 3.02. The van der Waals surface area contributed by atoms with E-state index in [1.54, 1.807) is 7.11 Å². The highest BCUT2D eigenvalue weighted by molar-refractivity contribution is 5.83. The highest BCUT2D eigenvalue weighted by atomic mass is 19.1. The Kier molecular flexibility index (Phi) is 6.04. The predicted octanol–water partition coefficient (Wildman–Crippen LogP) is 3.66. The first kappa shape index (κ1) is 17.5. The fourth-order valence-electron chi connectivity index (χ4n) is 2.77. The second-order valence-electron chi connectivity index (χ2n) is 5.92. The lowest BCUT2D eigenvalue weighted by atomic mass is 10.1. The molecular weight excluding hydrogens is 319 g/mol. The van der Waals surface area contributed by atoms with Crippen LogP contribution in [0, 0.1) is 5.82 Å². The Labute approximate surface area is 147 Å². The summed E-state index contributed by atoms with van der Waals surface area (Å²) in [6.45, 7) is 2.80. The van der Waals surface area contributed by atoms with E-state index in [2.05, 4.69) is 22.4 Å². The third kappa shape index (κ3) is 4.81. The third-order valence-corrected chi connectivity index (χ3v) is 4.11. The maximum Gasteiger partial charge on any atom is 0.125 e. The zero-order chi connectivity index (χ0) is 17.5. The van der Waals surface area contributed by atoms with Crippen molar-refractivity contribution < 1.29 is 13.9 Å². The molecule has 4 nitrogen and oxygen atoms in total. The van der Waals surface area contributed by atoms with Gasteiger partial charge in [-0.05, 0) is 54.4 Å². The molecule has 1 heterocycles. The molecular formula is C20H23FN2O2.